The molecule has 1 aromatic heterocycles. The van der Waals surface area contributed by atoms with E-state index in [0.29, 0.717) is 28.1 Å². The van der Waals surface area contributed by atoms with Gasteiger partial charge in [0.2, 0.25) is 6.23 Å². The molecule has 5 nitrogen and oxygen atoms in total. The molecule has 1 heterocycles. The van der Waals surface area contributed by atoms with Crippen molar-refractivity contribution in [2.24, 2.45) is 5.92 Å². The zero-order valence-corrected chi connectivity index (χ0v) is 13.3. The highest BCUT2D eigenvalue weighted by Gasteiger charge is 2.25. The van der Waals surface area contributed by atoms with Gasteiger partial charge in [0.25, 0.3) is 0 Å². The third kappa shape index (κ3) is 4.33. The van der Waals surface area contributed by atoms with Gasteiger partial charge in [-0.1, -0.05) is 37.0 Å². The lowest BCUT2D eigenvalue weighted by Gasteiger charge is -2.25. The van der Waals surface area contributed by atoms with Crippen LogP contribution in [0.1, 0.15) is 26.5 Å². The fourth-order valence-electron chi connectivity index (χ4n) is 1.96. The molecule has 1 N–H and O–H groups in total. The summed E-state index contributed by atoms with van der Waals surface area (Å²) in [5, 5.41) is 15.3. The number of benzene rings is 1. The standard InChI is InChI=1S/C14H17Cl2N3O2/c1-9(2)5-12(20)14(19-8-17-7-18-19)21-13-4-3-10(15)6-11(13)16/h3-4,6-9,12,14,20H,5H2,1-2H3. The predicted octanol–water partition coefficient (Wildman–Crippen LogP) is 3.57. The van der Waals surface area contributed by atoms with Crippen LogP contribution in [0.4, 0.5) is 0 Å². The first-order valence-electron chi connectivity index (χ1n) is 6.61. The van der Waals surface area contributed by atoms with E-state index in [1.807, 2.05) is 13.8 Å². The average Bonchev–Trinajstić information content (AvgIpc) is 2.90. The smallest absolute Gasteiger partial charge is 0.218 e. The molecule has 0 radical (unpaired) electrons. The summed E-state index contributed by atoms with van der Waals surface area (Å²) in [6.07, 6.45) is 2.02. The Bertz CT molecular complexity index is 576. The van der Waals surface area contributed by atoms with Gasteiger partial charge in [-0.3, -0.25) is 0 Å². The van der Waals surface area contributed by atoms with Crippen molar-refractivity contribution < 1.29 is 9.84 Å². The Morgan fingerprint density at radius 3 is 2.67 bits per heavy atom. The van der Waals surface area contributed by atoms with Crippen molar-refractivity contribution in [1.29, 1.82) is 0 Å². The Labute approximate surface area is 133 Å². The van der Waals surface area contributed by atoms with E-state index in [1.54, 1.807) is 18.2 Å². The number of ether oxygens (including phenoxy) is 1. The summed E-state index contributed by atoms with van der Waals surface area (Å²) in [7, 11) is 0. The van der Waals surface area contributed by atoms with E-state index in [2.05, 4.69) is 10.1 Å². The van der Waals surface area contributed by atoms with E-state index in [9.17, 15) is 5.11 Å². The van der Waals surface area contributed by atoms with Gasteiger partial charge < -0.3 is 9.84 Å². The Morgan fingerprint density at radius 1 is 1.33 bits per heavy atom. The number of hydrogen-bond acceptors (Lipinski definition) is 4. The minimum absolute atomic E-state index is 0.315. The van der Waals surface area contributed by atoms with Crippen molar-refractivity contribution in [2.75, 3.05) is 0 Å². The van der Waals surface area contributed by atoms with Gasteiger partial charge in [-0.05, 0) is 30.5 Å². The molecule has 2 atom stereocenters. The van der Waals surface area contributed by atoms with E-state index in [-0.39, 0.29) is 0 Å². The zero-order valence-electron chi connectivity index (χ0n) is 11.8. The van der Waals surface area contributed by atoms with E-state index in [4.69, 9.17) is 27.9 Å². The first-order valence-corrected chi connectivity index (χ1v) is 7.37. The SMILES string of the molecule is CC(C)CC(O)C(Oc1ccc(Cl)cc1Cl)n1cncn1. The molecule has 2 unspecified atom stereocenters. The number of rotatable bonds is 6. The number of aromatic nitrogens is 3. The molecule has 2 aromatic rings. The molecular formula is C14H17Cl2N3O2. The van der Waals surface area contributed by atoms with Crippen molar-refractivity contribution in [3.63, 3.8) is 0 Å². The summed E-state index contributed by atoms with van der Waals surface area (Å²) < 4.78 is 7.30. The highest BCUT2D eigenvalue weighted by atomic mass is 35.5. The highest BCUT2D eigenvalue weighted by molar-refractivity contribution is 6.35. The zero-order chi connectivity index (χ0) is 15.4. The van der Waals surface area contributed by atoms with Gasteiger partial charge in [-0.2, -0.15) is 5.10 Å². The molecule has 0 aliphatic rings. The molecule has 2 rings (SSSR count). The van der Waals surface area contributed by atoms with E-state index < -0.39 is 12.3 Å². The van der Waals surface area contributed by atoms with Gasteiger partial charge in [0, 0.05) is 5.02 Å². The molecule has 0 amide bonds. The second-order valence-electron chi connectivity index (χ2n) is 5.16. The van der Waals surface area contributed by atoms with Gasteiger partial charge in [-0.25, -0.2) is 9.67 Å². The molecule has 21 heavy (non-hydrogen) atoms. The van der Waals surface area contributed by atoms with Gasteiger partial charge in [0.15, 0.2) is 0 Å². The molecule has 1 aromatic carbocycles. The number of hydrogen-bond donors (Lipinski definition) is 1. The Balaban J connectivity index is 2.23. The fraction of sp³-hybridized carbons (Fsp3) is 0.429. The minimum atomic E-state index is -0.738. The summed E-state index contributed by atoms with van der Waals surface area (Å²) in [6, 6.07) is 4.93. The predicted molar refractivity (Wildman–Crippen MR) is 81.6 cm³/mol. The van der Waals surface area contributed by atoms with Gasteiger partial charge in [0.1, 0.15) is 24.5 Å². The van der Waals surface area contributed by atoms with Crippen LogP contribution in [0.3, 0.4) is 0 Å². The maximum Gasteiger partial charge on any atom is 0.218 e. The largest absolute Gasteiger partial charge is 0.464 e. The molecule has 0 saturated heterocycles. The lowest BCUT2D eigenvalue weighted by atomic mass is 10.1. The van der Waals surface area contributed by atoms with Crippen LogP contribution in [0.15, 0.2) is 30.9 Å². The molecule has 0 aliphatic heterocycles. The Morgan fingerprint density at radius 2 is 2.10 bits per heavy atom. The summed E-state index contributed by atoms with van der Waals surface area (Å²) in [4.78, 5) is 3.89. The van der Waals surface area contributed by atoms with Crippen molar-refractivity contribution in [1.82, 2.24) is 14.8 Å². The maximum absolute atomic E-state index is 10.4. The number of nitrogens with zero attached hydrogens (tertiary/aromatic N) is 3. The highest BCUT2D eigenvalue weighted by Crippen LogP contribution is 2.31. The quantitative estimate of drug-likeness (QED) is 0.880. The Kier molecular flexibility index (Phi) is 5.45. The third-order valence-electron chi connectivity index (χ3n) is 2.88. The molecule has 114 valence electrons. The molecule has 0 bridgehead atoms. The molecule has 0 saturated carbocycles. The number of aliphatic hydroxyl groups excluding tert-OH is 1. The second kappa shape index (κ2) is 7.11. The van der Waals surface area contributed by atoms with Crippen LogP contribution in [0, 0.1) is 5.92 Å². The van der Waals surface area contributed by atoms with Crippen LogP contribution in [0.2, 0.25) is 10.0 Å². The van der Waals surface area contributed by atoms with Crippen LogP contribution < -0.4 is 4.74 Å². The van der Waals surface area contributed by atoms with Crippen LogP contribution in [-0.2, 0) is 0 Å². The summed E-state index contributed by atoms with van der Waals surface area (Å²) >= 11 is 12.0. The third-order valence-corrected chi connectivity index (χ3v) is 3.41. The molecular weight excluding hydrogens is 313 g/mol. The van der Waals surface area contributed by atoms with Crippen molar-refractivity contribution in [2.45, 2.75) is 32.6 Å². The topological polar surface area (TPSA) is 60.2 Å². The molecule has 7 heteroatoms. The van der Waals surface area contributed by atoms with Crippen molar-refractivity contribution in [3.8, 4) is 5.75 Å². The summed E-state index contributed by atoms with van der Waals surface area (Å²) in [6.45, 7) is 4.05. The normalized spacial score (nSPS) is 14.2. The summed E-state index contributed by atoms with van der Waals surface area (Å²) in [5.74, 6) is 0.750. The van der Waals surface area contributed by atoms with Crippen LogP contribution in [-0.4, -0.2) is 26.0 Å². The van der Waals surface area contributed by atoms with E-state index in [0.717, 1.165) is 0 Å². The second-order valence-corrected chi connectivity index (χ2v) is 6.00. The first-order chi connectivity index (χ1) is 9.97. The average molecular weight is 330 g/mol. The van der Waals surface area contributed by atoms with Crippen LogP contribution in [0.5, 0.6) is 5.75 Å². The molecule has 0 fully saturated rings. The molecule has 0 aliphatic carbocycles. The minimum Gasteiger partial charge on any atom is -0.464 e. The Hall–Kier alpha value is -1.30. The lowest BCUT2D eigenvalue weighted by Crippen LogP contribution is -2.30. The van der Waals surface area contributed by atoms with Gasteiger partial charge in [-0.15, -0.1) is 0 Å². The molecule has 0 spiro atoms. The van der Waals surface area contributed by atoms with E-state index in [1.165, 1.54) is 17.3 Å². The van der Waals surface area contributed by atoms with Crippen molar-refractivity contribution >= 4 is 23.2 Å². The first kappa shape index (κ1) is 16.1. The lowest BCUT2D eigenvalue weighted by molar-refractivity contribution is -0.0274. The maximum atomic E-state index is 10.4. The van der Waals surface area contributed by atoms with Crippen LogP contribution >= 0.6 is 23.2 Å². The number of halogens is 2. The summed E-state index contributed by atoms with van der Waals surface area (Å²) in [5.41, 5.74) is 0. The fourth-order valence-corrected chi connectivity index (χ4v) is 2.41. The van der Waals surface area contributed by atoms with Crippen molar-refractivity contribution in [3.05, 3.63) is 40.9 Å². The van der Waals surface area contributed by atoms with Gasteiger partial charge >= 0.3 is 0 Å². The monoisotopic (exact) mass is 329 g/mol. The van der Waals surface area contributed by atoms with Gasteiger partial charge in [0.05, 0.1) is 5.02 Å². The number of aliphatic hydroxyl groups is 1. The van der Waals surface area contributed by atoms with E-state index >= 15 is 0 Å². The van der Waals surface area contributed by atoms with Crippen LogP contribution in [0.25, 0.3) is 0 Å².